The van der Waals surface area contributed by atoms with E-state index in [1.165, 1.54) is 19.3 Å². The molecule has 1 aliphatic rings. The summed E-state index contributed by atoms with van der Waals surface area (Å²) in [6, 6.07) is 0. The SMILES string of the molecule is CCOCC(CCC(C)(F)F)(COCC)C1CCCCC1. The maximum absolute atomic E-state index is 13.4. The Morgan fingerprint density at radius 2 is 1.43 bits per heavy atom. The molecule has 4 heteroatoms. The second-order valence-corrected chi connectivity index (χ2v) is 6.54. The van der Waals surface area contributed by atoms with Crippen LogP contribution in [0.1, 0.15) is 65.7 Å². The van der Waals surface area contributed by atoms with Gasteiger partial charge in [0.1, 0.15) is 0 Å². The van der Waals surface area contributed by atoms with Gasteiger partial charge in [0, 0.05) is 25.0 Å². The van der Waals surface area contributed by atoms with Gasteiger partial charge in [0.25, 0.3) is 0 Å². The number of rotatable bonds is 10. The largest absolute Gasteiger partial charge is 0.381 e. The van der Waals surface area contributed by atoms with E-state index in [-0.39, 0.29) is 11.8 Å². The third kappa shape index (κ3) is 6.60. The Balaban J connectivity index is 2.83. The van der Waals surface area contributed by atoms with Crippen LogP contribution >= 0.6 is 0 Å². The maximum atomic E-state index is 13.4. The molecular weight excluding hydrogens is 274 g/mol. The number of halogens is 2. The van der Waals surface area contributed by atoms with Crippen molar-refractivity contribution in [3.8, 4) is 0 Å². The van der Waals surface area contributed by atoms with Crippen LogP contribution in [0.4, 0.5) is 8.78 Å². The molecular formula is C17H32F2O2. The summed E-state index contributed by atoms with van der Waals surface area (Å²) in [5.74, 6) is -2.16. The van der Waals surface area contributed by atoms with Gasteiger partial charge >= 0.3 is 0 Å². The zero-order valence-electron chi connectivity index (χ0n) is 13.9. The number of hydrogen-bond donors (Lipinski definition) is 0. The normalized spacial score (nSPS) is 18.1. The van der Waals surface area contributed by atoms with E-state index in [4.69, 9.17) is 9.47 Å². The van der Waals surface area contributed by atoms with Crippen LogP contribution in [0.3, 0.4) is 0 Å². The third-order valence-electron chi connectivity index (χ3n) is 4.72. The molecule has 2 nitrogen and oxygen atoms in total. The van der Waals surface area contributed by atoms with Crippen LogP contribution < -0.4 is 0 Å². The second-order valence-electron chi connectivity index (χ2n) is 6.54. The first-order chi connectivity index (χ1) is 9.93. The van der Waals surface area contributed by atoms with Crippen LogP contribution in [0.25, 0.3) is 0 Å². The predicted molar refractivity (Wildman–Crippen MR) is 81.8 cm³/mol. The van der Waals surface area contributed by atoms with E-state index < -0.39 is 5.92 Å². The molecule has 0 N–H and O–H groups in total. The van der Waals surface area contributed by atoms with Crippen LogP contribution in [-0.4, -0.2) is 32.4 Å². The molecule has 0 radical (unpaired) electrons. The zero-order valence-corrected chi connectivity index (χ0v) is 13.9. The van der Waals surface area contributed by atoms with Crippen LogP contribution in [-0.2, 0) is 9.47 Å². The van der Waals surface area contributed by atoms with Crippen molar-refractivity contribution >= 4 is 0 Å². The molecule has 0 aromatic carbocycles. The lowest BCUT2D eigenvalue weighted by Gasteiger charge is -2.43. The van der Waals surface area contributed by atoms with Crippen molar-refractivity contribution in [3.63, 3.8) is 0 Å². The molecule has 0 spiro atoms. The maximum Gasteiger partial charge on any atom is 0.245 e. The van der Waals surface area contributed by atoms with E-state index in [0.717, 1.165) is 19.8 Å². The first-order valence-corrected chi connectivity index (χ1v) is 8.47. The first kappa shape index (κ1) is 18.8. The van der Waals surface area contributed by atoms with E-state index >= 15 is 0 Å². The molecule has 0 bridgehead atoms. The molecule has 0 aliphatic heterocycles. The van der Waals surface area contributed by atoms with Crippen molar-refractivity contribution in [1.29, 1.82) is 0 Å². The minimum Gasteiger partial charge on any atom is -0.381 e. The Labute approximate surface area is 128 Å². The molecule has 0 heterocycles. The average molecular weight is 306 g/mol. The summed E-state index contributed by atoms with van der Waals surface area (Å²) in [6.07, 6.45) is 6.32. The number of alkyl halides is 2. The molecule has 0 unspecified atom stereocenters. The average Bonchev–Trinajstić information content (AvgIpc) is 2.47. The highest BCUT2D eigenvalue weighted by atomic mass is 19.3. The van der Waals surface area contributed by atoms with Crippen LogP contribution in [0.2, 0.25) is 0 Å². The number of ether oxygens (including phenoxy) is 2. The van der Waals surface area contributed by atoms with Gasteiger partial charge in [-0.05, 0) is 46.0 Å². The van der Waals surface area contributed by atoms with Gasteiger partial charge in [-0.25, -0.2) is 8.78 Å². The lowest BCUT2D eigenvalue weighted by atomic mass is 9.67. The Bertz CT molecular complexity index is 262. The standard InChI is InChI=1S/C17H32F2O2/c1-4-20-13-17(14-21-5-2,12-11-16(3,18)19)15-9-7-6-8-10-15/h15H,4-14H2,1-3H3. The molecule has 0 aromatic heterocycles. The van der Waals surface area contributed by atoms with Gasteiger partial charge in [0.15, 0.2) is 0 Å². The van der Waals surface area contributed by atoms with Crippen molar-refractivity contribution < 1.29 is 18.3 Å². The predicted octanol–water partition coefficient (Wildman–Crippen LogP) is 5.06. The molecule has 1 aliphatic carbocycles. The highest BCUT2D eigenvalue weighted by Crippen LogP contribution is 2.44. The first-order valence-electron chi connectivity index (χ1n) is 8.47. The zero-order chi connectivity index (χ0) is 15.8. The minimum absolute atomic E-state index is 0.0797. The van der Waals surface area contributed by atoms with Crippen LogP contribution in [0, 0.1) is 11.3 Å². The summed E-state index contributed by atoms with van der Waals surface area (Å²) in [6.45, 7) is 7.28. The molecule has 1 saturated carbocycles. The van der Waals surface area contributed by atoms with Crippen molar-refractivity contribution in [1.82, 2.24) is 0 Å². The summed E-state index contributed by atoms with van der Waals surface area (Å²) in [7, 11) is 0. The monoisotopic (exact) mass is 306 g/mol. The van der Waals surface area contributed by atoms with E-state index in [1.807, 2.05) is 13.8 Å². The molecule has 0 amide bonds. The molecule has 0 aromatic rings. The third-order valence-corrected chi connectivity index (χ3v) is 4.72. The van der Waals surface area contributed by atoms with Gasteiger partial charge < -0.3 is 9.47 Å². The van der Waals surface area contributed by atoms with Gasteiger partial charge in [0.2, 0.25) is 5.92 Å². The van der Waals surface area contributed by atoms with Gasteiger partial charge in [-0.1, -0.05) is 19.3 Å². The fraction of sp³-hybridized carbons (Fsp3) is 1.00. The fourth-order valence-electron chi connectivity index (χ4n) is 3.42. The fourth-order valence-corrected chi connectivity index (χ4v) is 3.42. The summed E-state index contributed by atoms with van der Waals surface area (Å²) >= 11 is 0. The highest BCUT2D eigenvalue weighted by molar-refractivity contribution is 4.89. The van der Waals surface area contributed by atoms with E-state index in [0.29, 0.717) is 38.8 Å². The lowest BCUT2D eigenvalue weighted by molar-refractivity contribution is -0.0837. The molecule has 21 heavy (non-hydrogen) atoms. The van der Waals surface area contributed by atoms with Crippen molar-refractivity contribution in [2.45, 2.75) is 71.6 Å². The summed E-state index contributed by atoms with van der Waals surface area (Å²) in [5.41, 5.74) is -0.244. The molecule has 0 saturated heterocycles. The topological polar surface area (TPSA) is 18.5 Å². The summed E-state index contributed by atoms with van der Waals surface area (Å²) in [5, 5.41) is 0. The van der Waals surface area contributed by atoms with Gasteiger partial charge in [-0.15, -0.1) is 0 Å². The highest BCUT2D eigenvalue weighted by Gasteiger charge is 2.41. The van der Waals surface area contributed by atoms with E-state index in [1.54, 1.807) is 0 Å². The van der Waals surface area contributed by atoms with E-state index in [2.05, 4.69) is 0 Å². The van der Waals surface area contributed by atoms with Crippen LogP contribution in [0.15, 0.2) is 0 Å². The van der Waals surface area contributed by atoms with Crippen LogP contribution in [0.5, 0.6) is 0 Å². The van der Waals surface area contributed by atoms with Gasteiger partial charge in [0.05, 0.1) is 13.2 Å². The summed E-state index contributed by atoms with van der Waals surface area (Å²) < 4.78 is 38.1. The number of hydrogen-bond acceptors (Lipinski definition) is 2. The van der Waals surface area contributed by atoms with E-state index in [9.17, 15) is 8.78 Å². The minimum atomic E-state index is -2.61. The van der Waals surface area contributed by atoms with Crippen molar-refractivity contribution in [2.75, 3.05) is 26.4 Å². The van der Waals surface area contributed by atoms with Crippen molar-refractivity contribution in [3.05, 3.63) is 0 Å². The Morgan fingerprint density at radius 1 is 0.905 bits per heavy atom. The lowest BCUT2D eigenvalue weighted by Crippen LogP contribution is -2.42. The summed E-state index contributed by atoms with van der Waals surface area (Å²) in [4.78, 5) is 0. The quantitative estimate of drug-likeness (QED) is 0.561. The van der Waals surface area contributed by atoms with Gasteiger partial charge in [-0.2, -0.15) is 0 Å². The van der Waals surface area contributed by atoms with Gasteiger partial charge in [-0.3, -0.25) is 0 Å². The molecule has 1 fully saturated rings. The smallest absolute Gasteiger partial charge is 0.245 e. The molecule has 126 valence electrons. The van der Waals surface area contributed by atoms with Crippen molar-refractivity contribution in [2.24, 2.45) is 11.3 Å². The Kier molecular flexibility index (Phi) is 8.10. The molecule has 1 rings (SSSR count). The Hall–Kier alpha value is -0.220. The Morgan fingerprint density at radius 3 is 1.86 bits per heavy atom. The second kappa shape index (κ2) is 9.04. The molecule has 0 atom stereocenters.